The van der Waals surface area contributed by atoms with Gasteiger partial charge in [-0.25, -0.2) is 4.79 Å². The minimum Gasteiger partial charge on any atom is -0.434 e. The van der Waals surface area contributed by atoms with Crippen LogP contribution in [0.3, 0.4) is 0 Å². The van der Waals surface area contributed by atoms with Crippen LogP contribution in [0.4, 0.5) is 16.2 Å². The van der Waals surface area contributed by atoms with E-state index in [1.807, 2.05) is 0 Å². The van der Waals surface area contributed by atoms with Crippen molar-refractivity contribution in [1.29, 1.82) is 0 Å². The van der Waals surface area contributed by atoms with E-state index in [9.17, 15) is 14.4 Å². The van der Waals surface area contributed by atoms with Gasteiger partial charge in [-0.15, -0.1) is 0 Å². The van der Waals surface area contributed by atoms with E-state index in [0.29, 0.717) is 16.9 Å². The van der Waals surface area contributed by atoms with Gasteiger partial charge in [0.05, 0.1) is 6.61 Å². The Kier molecular flexibility index (Phi) is 7.13. The average Bonchev–Trinajstić information content (AvgIpc) is 2.64. The first-order valence-electron chi connectivity index (χ1n) is 8.31. The van der Waals surface area contributed by atoms with Crippen molar-refractivity contribution in [3.8, 4) is 5.75 Å². The molecule has 7 heteroatoms. The van der Waals surface area contributed by atoms with E-state index in [1.165, 1.54) is 30.3 Å². The quantitative estimate of drug-likeness (QED) is 0.457. The van der Waals surface area contributed by atoms with Gasteiger partial charge in [0.1, 0.15) is 5.75 Å². The Hall–Kier alpha value is -3.61. The fourth-order valence-corrected chi connectivity index (χ4v) is 2.09. The van der Waals surface area contributed by atoms with Gasteiger partial charge in [-0.05, 0) is 68.5 Å². The minimum atomic E-state index is -0.795. The molecule has 140 valence electrons. The van der Waals surface area contributed by atoms with Crippen molar-refractivity contribution in [2.24, 2.45) is 0 Å². The molecule has 0 saturated carbocycles. The summed E-state index contributed by atoms with van der Waals surface area (Å²) in [6.45, 7) is 3.65. The van der Waals surface area contributed by atoms with Crippen molar-refractivity contribution < 1.29 is 23.9 Å². The highest BCUT2D eigenvalue weighted by molar-refractivity contribution is 6.04. The van der Waals surface area contributed by atoms with Crippen LogP contribution in [0.15, 0.2) is 60.7 Å². The monoisotopic (exact) mass is 368 g/mol. The molecule has 0 aliphatic heterocycles. The Morgan fingerprint density at radius 2 is 1.52 bits per heavy atom. The molecule has 0 radical (unpaired) electrons. The predicted molar refractivity (Wildman–Crippen MR) is 102 cm³/mol. The van der Waals surface area contributed by atoms with Crippen LogP contribution in [0, 0.1) is 0 Å². The molecule has 0 aliphatic carbocycles. The van der Waals surface area contributed by atoms with Crippen LogP contribution in [0.25, 0.3) is 0 Å². The predicted octanol–water partition coefficient (Wildman–Crippen LogP) is 3.99. The third-order valence-corrected chi connectivity index (χ3v) is 3.31. The Morgan fingerprint density at radius 3 is 2.07 bits per heavy atom. The van der Waals surface area contributed by atoms with Gasteiger partial charge < -0.3 is 20.1 Å². The number of hydrogen-bond donors (Lipinski definition) is 2. The molecule has 0 atom stereocenters. The molecule has 0 bridgehead atoms. The highest BCUT2D eigenvalue weighted by atomic mass is 16.7. The van der Waals surface area contributed by atoms with Crippen LogP contribution in [0.5, 0.6) is 5.75 Å². The minimum absolute atomic E-state index is 0.219. The van der Waals surface area contributed by atoms with E-state index in [4.69, 9.17) is 4.74 Å². The highest BCUT2D eigenvalue weighted by Crippen LogP contribution is 2.17. The van der Waals surface area contributed by atoms with E-state index in [2.05, 4.69) is 15.4 Å². The third-order valence-electron chi connectivity index (χ3n) is 3.31. The highest BCUT2D eigenvalue weighted by Gasteiger charge is 2.09. The van der Waals surface area contributed by atoms with Gasteiger partial charge in [0, 0.05) is 16.9 Å². The van der Waals surface area contributed by atoms with Crippen molar-refractivity contribution in [3.05, 3.63) is 66.2 Å². The van der Waals surface area contributed by atoms with E-state index in [1.54, 1.807) is 44.2 Å². The number of anilines is 2. The number of nitrogens with one attached hydrogen (secondary N) is 2. The Morgan fingerprint density at radius 1 is 0.926 bits per heavy atom. The van der Waals surface area contributed by atoms with Gasteiger partial charge in [0.2, 0.25) is 5.91 Å². The van der Waals surface area contributed by atoms with Gasteiger partial charge in [-0.1, -0.05) is 6.08 Å². The number of carbonyl (C=O) groups excluding carboxylic acids is 3. The lowest BCUT2D eigenvalue weighted by atomic mass is 10.2. The van der Waals surface area contributed by atoms with E-state index >= 15 is 0 Å². The second kappa shape index (κ2) is 9.76. The van der Waals surface area contributed by atoms with Crippen LogP contribution >= 0.6 is 0 Å². The van der Waals surface area contributed by atoms with Gasteiger partial charge in [0.15, 0.2) is 0 Å². The Labute approximate surface area is 157 Å². The Bertz CT molecular complexity index is 826. The van der Waals surface area contributed by atoms with E-state index in [0.717, 1.165) is 0 Å². The van der Waals surface area contributed by atoms with Crippen molar-refractivity contribution in [2.75, 3.05) is 17.2 Å². The zero-order chi connectivity index (χ0) is 19.6. The summed E-state index contributed by atoms with van der Waals surface area (Å²) in [4.78, 5) is 35.0. The van der Waals surface area contributed by atoms with Crippen molar-refractivity contribution in [3.63, 3.8) is 0 Å². The van der Waals surface area contributed by atoms with E-state index in [-0.39, 0.29) is 24.2 Å². The first-order chi connectivity index (χ1) is 13.0. The molecule has 2 aromatic rings. The number of hydrogen-bond acceptors (Lipinski definition) is 5. The summed E-state index contributed by atoms with van der Waals surface area (Å²) in [6.07, 6.45) is 2.27. The normalized spacial score (nSPS) is 10.3. The average molecular weight is 368 g/mol. The summed E-state index contributed by atoms with van der Waals surface area (Å²) in [5.74, 6) is -0.256. The topological polar surface area (TPSA) is 93.7 Å². The Balaban J connectivity index is 1.94. The number of carbonyl (C=O) groups is 3. The molecule has 2 rings (SSSR count). The van der Waals surface area contributed by atoms with Gasteiger partial charge in [-0.2, -0.15) is 0 Å². The number of amides is 2. The number of ether oxygens (including phenoxy) is 2. The van der Waals surface area contributed by atoms with E-state index < -0.39 is 6.16 Å². The van der Waals surface area contributed by atoms with Crippen molar-refractivity contribution >= 4 is 29.3 Å². The summed E-state index contributed by atoms with van der Waals surface area (Å²) in [7, 11) is 0. The van der Waals surface area contributed by atoms with Crippen LogP contribution in [0.1, 0.15) is 24.2 Å². The maximum absolute atomic E-state index is 12.3. The molecule has 0 aromatic heterocycles. The first kappa shape index (κ1) is 19.7. The SMILES string of the molecule is C/C=C/C(=O)Nc1ccc(NC(=O)c2ccc(OC(=O)OCC)cc2)cc1. The fraction of sp³-hybridized carbons (Fsp3) is 0.150. The van der Waals surface area contributed by atoms with Gasteiger partial charge in [-0.3, -0.25) is 9.59 Å². The van der Waals surface area contributed by atoms with Crippen LogP contribution in [-0.4, -0.2) is 24.6 Å². The molecule has 0 fully saturated rings. The number of benzene rings is 2. The molecule has 7 nitrogen and oxygen atoms in total. The molecule has 27 heavy (non-hydrogen) atoms. The fourth-order valence-electron chi connectivity index (χ4n) is 2.09. The lowest BCUT2D eigenvalue weighted by molar-refractivity contribution is -0.111. The molecule has 2 aromatic carbocycles. The second-order valence-corrected chi connectivity index (χ2v) is 5.33. The molecule has 2 amide bonds. The molecule has 2 N–H and O–H groups in total. The number of allylic oxidation sites excluding steroid dienone is 1. The molecular formula is C20H20N2O5. The third kappa shape index (κ3) is 6.32. The summed E-state index contributed by atoms with van der Waals surface area (Å²) < 4.78 is 9.62. The summed E-state index contributed by atoms with van der Waals surface area (Å²) >= 11 is 0. The lowest BCUT2D eigenvalue weighted by Gasteiger charge is -2.08. The largest absolute Gasteiger partial charge is 0.513 e. The molecule has 0 heterocycles. The van der Waals surface area contributed by atoms with Gasteiger partial charge >= 0.3 is 6.16 Å². The molecule has 0 spiro atoms. The second-order valence-electron chi connectivity index (χ2n) is 5.33. The maximum atomic E-state index is 12.3. The zero-order valence-corrected chi connectivity index (χ0v) is 15.0. The summed E-state index contributed by atoms with van der Waals surface area (Å²) in [6, 6.07) is 12.8. The zero-order valence-electron chi connectivity index (χ0n) is 15.0. The van der Waals surface area contributed by atoms with Crippen LogP contribution in [0.2, 0.25) is 0 Å². The molecule has 0 saturated heterocycles. The standard InChI is InChI=1S/C20H20N2O5/c1-3-5-18(23)21-15-8-10-16(11-9-15)22-19(24)14-6-12-17(13-7-14)27-20(25)26-4-2/h3,5-13H,4H2,1-2H3,(H,21,23)(H,22,24)/b5-3+. The van der Waals surface area contributed by atoms with Crippen molar-refractivity contribution in [1.82, 2.24) is 0 Å². The van der Waals surface area contributed by atoms with Crippen LogP contribution in [-0.2, 0) is 9.53 Å². The first-order valence-corrected chi connectivity index (χ1v) is 8.31. The maximum Gasteiger partial charge on any atom is 0.513 e. The smallest absolute Gasteiger partial charge is 0.434 e. The number of rotatable bonds is 6. The summed E-state index contributed by atoms with van der Waals surface area (Å²) in [5.41, 5.74) is 1.60. The summed E-state index contributed by atoms with van der Waals surface area (Å²) in [5, 5.41) is 5.44. The molecule has 0 unspecified atom stereocenters. The van der Waals surface area contributed by atoms with Gasteiger partial charge in [0.25, 0.3) is 5.91 Å². The molecular weight excluding hydrogens is 348 g/mol. The van der Waals surface area contributed by atoms with Crippen molar-refractivity contribution in [2.45, 2.75) is 13.8 Å². The van der Waals surface area contributed by atoms with Crippen LogP contribution < -0.4 is 15.4 Å². The molecule has 0 aliphatic rings. The lowest BCUT2D eigenvalue weighted by Crippen LogP contribution is -2.13.